The lowest BCUT2D eigenvalue weighted by atomic mass is 10.0. The molecule has 3 unspecified atom stereocenters. The summed E-state index contributed by atoms with van der Waals surface area (Å²) in [7, 11) is 1.54. The first kappa shape index (κ1) is 14.3. The van der Waals surface area contributed by atoms with Crippen LogP contribution in [0.25, 0.3) is 0 Å². The van der Waals surface area contributed by atoms with Crippen molar-refractivity contribution in [2.45, 2.75) is 44.9 Å². The number of halogens is 1. The maximum atomic E-state index is 14.0. The van der Waals surface area contributed by atoms with E-state index in [4.69, 9.17) is 9.47 Å². The Balaban J connectivity index is 2.00. The van der Waals surface area contributed by atoms with Gasteiger partial charge in [0.05, 0.1) is 13.2 Å². The van der Waals surface area contributed by atoms with E-state index in [2.05, 4.69) is 12.2 Å². The molecule has 0 amide bonds. The van der Waals surface area contributed by atoms with Gasteiger partial charge in [-0.25, -0.2) is 4.39 Å². The van der Waals surface area contributed by atoms with Crippen LogP contribution in [-0.2, 0) is 4.74 Å². The fourth-order valence-corrected chi connectivity index (χ4v) is 2.57. The molecule has 1 aromatic carbocycles. The summed E-state index contributed by atoms with van der Waals surface area (Å²) in [5.74, 6) is 0.305. The fraction of sp³-hybridized carbons (Fsp3) is 0.600. The topological polar surface area (TPSA) is 30.5 Å². The summed E-state index contributed by atoms with van der Waals surface area (Å²) in [6, 6.07) is 5.15. The zero-order valence-corrected chi connectivity index (χ0v) is 11.8. The zero-order valence-electron chi connectivity index (χ0n) is 11.8. The first-order chi connectivity index (χ1) is 9.11. The number of benzene rings is 1. The highest BCUT2D eigenvalue weighted by Gasteiger charge is 2.24. The Kier molecular flexibility index (Phi) is 4.77. The van der Waals surface area contributed by atoms with Gasteiger partial charge >= 0.3 is 0 Å². The molecule has 1 aromatic rings. The third kappa shape index (κ3) is 3.45. The average Bonchev–Trinajstić information content (AvgIpc) is 2.92. The quantitative estimate of drug-likeness (QED) is 0.889. The molecular formula is C15H22FNO2. The van der Waals surface area contributed by atoms with Gasteiger partial charge in [0.25, 0.3) is 0 Å². The van der Waals surface area contributed by atoms with Crippen LogP contribution in [0, 0.1) is 5.82 Å². The van der Waals surface area contributed by atoms with Crippen LogP contribution in [0.3, 0.4) is 0 Å². The number of ether oxygens (including phenoxy) is 2. The molecule has 1 fully saturated rings. The van der Waals surface area contributed by atoms with Gasteiger partial charge in [0.1, 0.15) is 11.6 Å². The van der Waals surface area contributed by atoms with Gasteiger partial charge in [-0.3, -0.25) is 0 Å². The van der Waals surface area contributed by atoms with Crippen molar-refractivity contribution in [2.24, 2.45) is 0 Å². The molecular weight excluding hydrogens is 245 g/mol. The van der Waals surface area contributed by atoms with E-state index in [-0.39, 0.29) is 24.0 Å². The predicted octanol–water partition coefficient (Wildman–Crippen LogP) is 3.05. The average molecular weight is 267 g/mol. The van der Waals surface area contributed by atoms with E-state index in [9.17, 15) is 4.39 Å². The molecule has 19 heavy (non-hydrogen) atoms. The zero-order chi connectivity index (χ0) is 13.8. The predicted molar refractivity (Wildman–Crippen MR) is 72.9 cm³/mol. The van der Waals surface area contributed by atoms with Crippen molar-refractivity contribution in [2.75, 3.05) is 13.7 Å². The van der Waals surface area contributed by atoms with Crippen LogP contribution < -0.4 is 10.1 Å². The van der Waals surface area contributed by atoms with E-state index < -0.39 is 0 Å². The Bertz CT molecular complexity index is 419. The van der Waals surface area contributed by atoms with Crippen LogP contribution >= 0.6 is 0 Å². The van der Waals surface area contributed by atoms with Crippen LogP contribution in [0.5, 0.6) is 5.75 Å². The summed E-state index contributed by atoms with van der Waals surface area (Å²) in [6.45, 7) is 4.90. The molecule has 0 spiro atoms. The Labute approximate surface area is 114 Å². The normalized spacial score (nSPS) is 22.2. The SMILES string of the molecule is COc1ccc(C(C)NC(C)C2CCCO2)c(F)c1. The van der Waals surface area contributed by atoms with E-state index in [1.54, 1.807) is 12.1 Å². The summed E-state index contributed by atoms with van der Waals surface area (Å²) in [4.78, 5) is 0. The molecule has 1 aliphatic rings. The minimum Gasteiger partial charge on any atom is -0.497 e. The highest BCUT2D eigenvalue weighted by Crippen LogP contribution is 2.23. The number of nitrogens with one attached hydrogen (secondary N) is 1. The minimum atomic E-state index is -0.237. The van der Waals surface area contributed by atoms with Crippen molar-refractivity contribution in [3.63, 3.8) is 0 Å². The van der Waals surface area contributed by atoms with Crippen molar-refractivity contribution in [3.05, 3.63) is 29.6 Å². The monoisotopic (exact) mass is 267 g/mol. The standard InChI is InChI=1S/C15H22FNO2/c1-10(17-11(2)15-5-4-8-19-15)13-7-6-12(18-3)9-14(13)16/h6-7,9-11,15,17H,4-5,8H2,1-3H3. The van der Waals surface area contributed by atoms with Crippen LogP contribution in [0.15, 0.2) is 18.2 Å². The summed E-state index contributed by atoms with van der Waals surface area (Å²) < 4.78 is 24.6. The maximum Gasteiger partial charge on any atom is 0.131 e. The molecule has 3 atom stereocenters. The lowest BCUT2D eigenvalue weighted by molar-refractivity contribution is 0.0802. The molecule has 0 aliphatic carbocycles. The number of hydrogen-bond donors (Lipinski definition) is 1. The smallest absolute Gasteiger partial charge is 0.131 e. The second-order valence-electron chi connectivity index (χ2n) is 5.12. The lowest BCUT2D eigenvalue weighted by Gasteiger charge is -2.25. The van der Waals surface area contributed by atoms with Gasteiger partial charge in [-0.15, -0.1) is 0 Å². The lowest BCUT2D eigenvalue weighted by Crippen LogP contribution is -2.38. The van der Waals surface area contributed by atoms with Crippen LogP contribution in [0.1, 0.15) is 38.3 Å². The Hall–Kier alpha value is -1.13. The van der Waals surface area contributed by atoms with E-state index in [1.165, 1.54) is 13.2 Å². The maximum absolute atomic E-state index is 14.0. The number of hydrogen-bond acceptors (Lipinski definition) is 3. The van der Waals surface area contributed by atoms with E-state index in [1.807, 2.05) is 6.92 Å². The van der Waals surface area contributed by atoms with Crippen LogP contribution in [0.2, 0.25) is 0 Å². The summed E-state index contributed by atoms with van der Waals surface area (Å²) in [5.41, 5.74) is 0.658. The van der Waals surface area contributed by atoms with Gasteiger partial charge in [-0.2, -0.15) is 0 Å². The van der Waals surface area contributed by atoms with Crippen LogP contribution in [-0.4, -0.2) is 25.9 Å². The molecule has 1 heterocycles. The summed E-state index contributed by atoms with van der Waals surface area (Å²) in [6.07, 6.45) is 2.43. The van der Waals surface area contributed by atoms with Gasteiger partial charge in [-0.05, 0) is 32.8 Å². The Morgan fingerprint density at radius 3 is 2.79 bits per heavy atom. The molecule has 1 aliphatic heterocycles. The first-order valence-electron chi connectivity index (χ1n) is 6.83. The van der Waals surface area contributed by atoms with Gasteiger partial charge in [0, 0.05) is 30.3 Å². The van der Waals surface area contributed by atoms with Crippen molar-refractivity contribution in [3.8, 4) is 5.75 Å². The van der Waals surface area contributed by atoms with Gasteiger partial charge in [-0.1, -0.05) is 6.07 Å². The van der Waals surface area contributed by atoms with Crippen LogP contribution in [0.4, 0.5) is 4.39 Å². The van der Waals surface area contributed by atoms with Crippen molar-refractivity contribution >= 4 is 0 Å². The molecule has 0 aromatic heterocycles. The van der Waals surface area contributed by atoms with E-state index in [0.717, 1.165) is 19.4 Å². The highest BCUT2D eigenvalue weighted by molar-refractivity contribution is 5.30. The number of rotatable bonds is 5. The molecule has 0 bridgehead atoms. The van der Waals surface area contributed by atoms with E-state index in [0.29, 0.717) is 11.3 Å². The summed E-state index contributed by atoms with van der Waals surface area (Å²) in [5, 5.41) is 3.41. The van der Waals surface area contributed by atoms with Gasteiger partial charge in [0.2, 0.25) is 0 Å². The second kappa shape index (κ2) is 6.35. The molecule has 106 valence electrons. The molecule has 3 nitrogen and oxygen atoms in total. The molecule has 4 heteroatoms. The molecule has 0 radical (unpaired) electrons. The molecule has 1 saturated heterocycles. The van der Waals surface area contributed by atoms with Crippen molar-refractivity contribution in [1.29, 1.82) is 0 Å². The number of methoxy groups -OCH3 is 1. The Morgan fingerprint density at radius 1 is 1.42 bits per heavy atom. The third-order valence-corrected chi connectivity index (χ3v) is 3.71. The minimum absolute atomic E-state index is 0.0508. The highest BCUT2D eigenvalue weighted by atomic mass is 19.1. The van der Waals surface area contributed by atoms with Gasteiger partial charge < -0.3 is 14.8 Å². The van der Waals surface area contributed by atoms with Gasteiger partial charge in [0.15, 0.2) is 0 Å². The molecule has 2 rings (SSSR count). The molecule has 1 N–H and O–H groups in total. The largest absolute Gasteiger partial charge is 0.497 e. The van der Waals surface area contributed by atoms with Crippen molar-refractivity contribution < 1.29 is 13.9 Å². The molecule has 0 saturated carbocycles. The Morgan fingerprint density at radius 2 is 2.21 bits per heavy atom. The first-order valence-corrected chi connectivity index (χ1v) is 6.83. The van der Waals surface area contributed by atoms with Crippen molar-refractivity contribution in [1.82, 2.24) is 5.32 Å². The fourth-order valence-electron chi connectivity index (χ4n) is 2.57. The summed E-state index contributed by atoms with van der Waals surface area (Å²) >= 11 is 0. The second-order valence-corrected chi connectivity index (χ2v) is 5.12. The third-order valence-electron chi connectivity index (χ3n) is 3.71. The van der Waals surface area contributed by atoms with E-state index >= 15 is 0 Å².